The van der Waals surface area contributed by atoms with E-state index in [1.165, 1.54) is 4.31 Å². The Morgan fingerprint density at radius 2 is 1.88 bits per heavy atom. The average Bonchev–Trinajstić information content (AvgIpc) is 2.26. The lowest BCUT2D eigenvalue weighted by Crippen LogP contribution is -2.28. The zero-order valence-electron chi connectivity index (χ0n) is 9.63. The SMILES string of the molecule is C=CCC(c1ccccc1)S(=O)(=O)N(C)C. The molecule has 0 aliphatic carbocycles. The molecule has 0 aliphatic heterocycles. The molecule has 1 atom stereocenters. The minimum Gasteiger partial charge on any atom is -0.212 e. The van der Waals surface area contributed by atoms with Gasteiger partial charge >= 0.3 is 0 Å². The van der Waals surface area contributed by atoms with Crippen LogP contribution in [0.1, 0.15) is 17.2 Å². The Labute approximate surface area is 97.5 Å². The third-order valence-electron chi connectivity index (χ3n) is 2.42. The minimum absolute atomic E-state index is 0.421. The van der Waals surface area contributed by atoms with Crippen LogP contribution < -0.4 is 0 Å². The maximum Gasteiger partial charge on any atom is 0.220 e. The molecule has 0 aromatic heterocycles. The second kappa shape index (κ2) is 5.27. The summed E-state index contributed by atoms with van der Waals surface area (Å²) in [5.41, 5.74) is 0.802. The Morgan fingerprint density at radius 1 is 1.31 bits per heavy atom. The van der Waals surface area contributed by atoms with Gasteiger partial charge in [-0.2, -0.15) is 0 Å². The monoisotopic (exact) mass is 239 g/mol. The van der Waals surface area contributed by atoms with Gasteiger partial charge in [-0.1, -0.05) is 36.4 Å². The van der Waals surface area contributed by atoms with Crippen molar-refractivity contribution in [3.05, 3.63) is 48.6 Å². The first kappa shape index (κ1) is 12.9. The van der Waals surface area contributed by atoms with Crippen molar-refractivity contribution < 1.29 is 8.42 Å². The Hall–Kier alpha value is -1.13. The van der Waals surface area contributed by atoms with Gasteiger partial charge in [0.1, 0.15) is 5.25 Å². The molecule has 0 radical (unpaired) electrons. The standard InChI is InChI=1S/C12H17NO2S/c1-4-8-12(16(14,15)13(2)3)11-9-6-5-7-10-11/h4-7,9-10,12H,1,8H2,2-3H3. The molecule has 1 aromatic rings. The van der Waals surface area contributed by atoms with Crippen LogP contribution in [-0.4, -0.2) is 26.8 Å². The van der Waals surface area contributed by atoms with Gasteiger partial charge in [0.2, 0.25) is 10.0 Å². The van der Waals surface area contributed by atoms with Gasteiger partial charge in [-0.3, -0.25) is 0 Å². The van der Waals surface area contributed by atoms with Gasteiger partial charge in [0.15, 0.2) is 0 Å². The van der Waals surface area contributed by atoms with Crippen LogP contribution >= 0.6 is 0 Å². The first-order chi connectivity index (χ1) is 7.50. The average molecular weight is 239 g/mol. The summed E-state index contributed by atoms with van der Waals surface area (Å²) in [7, 11) is -0.192. The van der Waals surface area contributed by atoms with Crippen molar-refractivity contribution in [3.63, 3.8) is 0 Å². The second-order valence-corrected chi connectivity index (χ2v) is 6.08. The zero-order chi connectivity index (χ0) is 12.2. The van der Waals surface area contributed by atoms with Crippen LogP contribution in [0.4, 0.5) is 0 Å². The van der Waals surface area contributed by atoms with Gasteiger partial charge in [-0.05, 0) is 12.0 Å². The number of benzene rings is 1. The highest BCUT2D eigenvalue weighted by atomic mass is 32.2. The molecule has 0 saturated heterocycles. The maximum absolute atomic E-state index is 12.1. The molecule has 1 unspecified atom stereocenters. The van der Waals surface area contributed by atoms with Crippen LogP contribution in [0.25, 0.3) is 0 Å². The summed E-state index contributed by atoms with van der Waals surface area (Å²) in [6, 6.07) is 9.22. The van der Waals surface area contributed by atoms with Crippen LogP contribution in [0.5, 0.6) is 0 Å². The lowest BCUT2D eigenvalue weighted by atomic mass is 10.1. The highest BCUT2D eigenvalue weighted by Gasteiger charge is 2.27. The largest absolute Gasteiger partial charge is 0.220 e. The van der Waals surface area contributed by atoms with E-state index < -0.39 is 15.3 Å². The first-order valence-electron chi connectivity index (χ1n) is 5.07. The number of sulfonamides is 1. The van der Waals surface area contributed by atoms with Crippen molar-refractivity contribution in [1.29, 1.82) is 0 Å². The fourth-order valence-corrected chi connectivity index (χ4v) is 2.89. The summed E-state index contributed by atoms with van der Waals surface area (Å²) in [5, 5.41) is -0.541. The fourth-order valence-electron chi connectivity index (χ4n) is 1.50. The summed E-state index contributed by atoms with van der Waals surface area (Å²) in [6.07, 6.45) is 2.06. The molecule has 1 rings (SSSR count). The molecular formula is C12H17NO2S. The topological polar surface area (TPSA) is 37.4 Å². The van der Waals surface area contributed by atoms with E-state index in [1.54, 1.807) is 20.2 Å². The molecule has 1 aromatic carbocycles. The summed E-state index contributed by atoms with van der Waals surface area (Å²) in [6.45, 7) is 3.62. The van der Waals surface area contributed by atoms with E-state index in [2.05, 4.69) is 6.58 Å². The minimum atomic E-state index is -3.29. The highest BCUT2D eigenvalue weighted by molar-refractivity contribution is 7.89. The number of allylic oxidation sites excluding steroid dienone is 1. The van der Waals surface area contributed by atoms with E-state index in [-0.39, 0.29) is 0 Å². The van der Waals surface area contributed by atoms with Crippen molar-refractivity contribution in [1.82, 2.24) is 4.31 Å². The Morgan fingerprint density at radius 3 is 2.31 bits per heavy atom. The van der Waals surface area contributed by atoms with Gasteiger partial charge in [0, 0.05) is 14.1 Å². The van der Waals surface area contributed by atoms with Gasteiger partial charge in [0.25, 0.3) is 0 Å². The van der Waals surface area contributed by atoms with Gasteiger partial charge in [-0.25, -0.2) is 12.7 Å². The van der Waals surface area contributed by atoms with E-state index in [0.717, 1.165) is 5.56 Å². The molecule has 4 heteroatoms. The molecule has 0 heterocycles. The third kappa shape index (κ3) is 2.71. The third-order valence-corrected chi connectivity index (χ3v) is 4.62. The van der Waals surface area contributed by atoms with Crippen molar-refractivity contribution in [2.24, 2.45) is 0 Å². The molecule has 0 bridgehead atoms. The Bertz CT molecular complexity index is 437. The number of hydrogen-bond donors (Lipinski definition) is 0. The van der Waals surface area contributed by atoms with Crippen LogP contribution in [0.3, 0.4) is 0 Å². The number of nitrogens with zero attached hydrogens (tertiary/aromatic N) is 1. The van der Waals surface area contributed by atoms with Gasteiger partial charge < -0.3 is 0 Å². The lowest BCUT2D eigenvalue weighted by molar-refractivity contribution is 0.506. The molecule has 16 heavy (non-hydrogen) atoms. The van der Waals surface area contributed by atoms with E-state index >= 15 is 0 Å². The molecule has 0 fully saturated rings. The second-order valence-electron chi connectivity index (χ2n) is 3.75. The van der Waals surface area contributed by atoms with Gasteiger partial charge in [0.05, 0.1) is 0 Å². The van der Waals surface area contributed by atoms with Crippen LogP contribution in [0.15, 0.2) is 43.0 Å². The first-order valence-corrected chi connectivity index (χ1v) is 6.57. The molecule has 0 aliphatic rings. The van der Waals surface area contributed by atoms with Crippen LogP contribution in [-0.2, 0) is 10.0 Å². The zero-order valence-corrected chi connectivity index (χ0v) is 10.4. The Balaban J connectivity index is 3.16. The van der Waals surface area contributed by atoms with Gasteiger partial charge in [-0.15, -0.1) is 6.58 Å². The smallest absolute Gasteiger partial charge is 0.212 e. The van der Waals surface area contributed by atoms with E-state index in [9.17, 15) is 8.42 Å². The maximum atomic E-state index is 12.1. The summed E-state index contributed by atoms with van der Waals surface area (Å²) in [4.78, 5) is 0. The van der Waals surface area contributed by atoms with Crippen molar-refractivity contribution >= 4 is 10.0 Å². The van der Waals surface area contributed by atoms with Crippen molar-refractivity contribution in [2.75, 3.05) is 14.1 Å². The van der Waals surface area contributed by atoms with Crippen molar-refractivity contribution in [3.8, 4) is 0 Å². The predicted molar refractivity (Wildman–Crippen MR) is 66.6 cm³/mol. The number of hydrogen-bond acceptors (Lipinski definition) is 2. The molecule has 0 spiro atoms. The summed E-state index contributed by atoms with van der Waals surface area (Å²) >= 11 is 0. The quantitative estimate of drug-likeness (QED) is 0.739. The molecule has 88 valence electrons. The highest BCUT2D eigenvalue weighted by Crippen LogP contribution is 2.27. The van der Waals surface area contributed by atoms with E-state index in [0.29, 0.717) is 6.42 Å². The van der Waals surface area contributed by atoms with Crippen LogP contribution in [0.2, 0.25) is 0 Å². The normalized spacial score (nSPS) is 13.7. The van der Waals surface area contributed by atoms with Crippen LogP contribution in [0, 0.1) is 0 Å². The summed E-state index contributed by atoms with van der Waals surface area (Å²) < 4.78 is 25.5. The number of rotatable bonds is 5. The molecule has 0 amide bonds. The molecular weight excluding hydrogens is 222 g/mol. The molecule has 0 saturated carbocycles. The van der Waals surface area contributed by atoms with Crippen molar-refractivity contribution in [2.45, 2.75) is 11.7 Å². The summed E-state index contributed by atoms with van der Waals surface area (Å²) in [5.74, 6) is 0. The Kier molecular flexibility index (Phi) is 4.26. The molecule has 3 nitrogen and oxygen atoms in total. The fraction of sp³-hybridized carbons (Fsp3) is 0.333. The van der Waals surface area contributed by atoms with E-state index in [4.69, 9.17) is 0 Å². The predicted octanol–water partition coefficient (Wildman–Crippen LogP) is 2.20. The lowest BCUT2D eigenvalue weighted by Gasteiger charge is -2.20. The van der Waals surface area contributed by atoms with E-state index in [1.807, 2.05) is 30.3 Å². The molecule has 0 N–H and O–H groups in total.